The van der Waals surface area contributed by atoms with Crippen LogP contribution in [0.1, 0.15) is 16.8 Å². The second kappa shape index (κ2) is 4.95. The number of aromatic nitrogens is 1. The van der Waals surface area contributed by atoms with Crippen LogP contribution >= 0.6 is 0 Å². The zero-order chi connectivity index (χ0) is 14.1. The predicted molar refractivity (Wildman–Crippen MR) is 78.8 cm³/mol. The molecule has 0 saturated heterocycles. The molecule has 4 nitrogen and oxygen atoms in total. The molecule has 0 saturated carbocycles. The van der Waals surface area contributed by atoms with Gasteiger partial charge in [-0.15, -0.1) is 0 Å². The van der Waals surface area contributed by atoms with E-state index in [9.17, 15) is 10.4 Å². The largest absolute Gasteiger partial charge is 0.392 e. The number of rotatable bonds is 3. The summed E-state index contributed by atoms with van der Waals surface area (Å²) in [5.41, 5.74) is 4.70. The summed E-state index contributed by atoms with van der Waals surface area (Å²) in [4.78, 5) is 4.18. The summed E-state index contributed by atoms with van der Waals surface area (Å²) in [6.45, 7) is 3.37. The van der Waals surface area contributed by atoms with Crippen molar-refractivity contribution in [3.8, 4) is 6.07 Å². The molecule has 0 fully saturated rings. The van der Waals surface area contributed by atoms with E-state index in [4.69, 9.17) is 0 Å². The van der Waals surface area contributed by atoms with Crippen LogP contribution in [0.3, 0.4) is 0 Å². The van der Waals surface area contributed by atoms with Crippen molar-refractivity contribution in [1.82, 2.24) is 4.57 Å². The quantitative estimate of drug-likeness (QED) is 0.925. The number of aliphatic hydroxyl groups excluding tert-OH is 1. The average Bonchev–Trinajstić information content (AvgIpc) is 3.08. The fourth-order valence-electron chi connectivity index (χ4n) is 2.64. The van der Waals surface area contributed by atoms with Crippen LogP contribution in [0.2, 0.25) is 0 Å². The van der Waals surface area contributed by atoms with Crippen LogP contribution in [0, 0.1) is 18.3 Å². The van der Waals surface area contributed by atoms with Gasteiger partial charge in [0.15, 0.2) is 0 Å². The Hall–Kier alpha value is -2.38. The van der Waals surface area contributed by atoms with Crippen LogP contribution in [0.15, 0.2) is 34.8 Å². The van der Waals surface area contributed by atoms with Gasteiger partial charge < -0.3 is 9.67 Å². The maximum absolute atomic E-state index is 9.35. The Morgan fingerprint density at radius 1 is 1.40 bits per heavy atom. The van der Waals surface area contributed by atoms with Gasteiger partial charge >= 0.3 is 0 Å². The molecule has 1 aromatic carbocycles. The third kappa shape index (κ3) is 2.02. The zero-order valence-electron chi connectivity index (χ0n) is 11.3. The van der Waals surface area contributed by atoms with Crippen molar-refractivity contribution >= 4 is 17.1 Å². The molecule has 0 unspecified atom stereocenters. The van der Waals surface area contributed by atoms with Crippen LogP contribution in [0.25, 0.3) is 10.9 Å². The summed E-state index contributed by atoms with van der Waals surface area (Å²) < 4.78 is 1.99. The number of nitriles is 1. The molecule has 0 aliphatic carbocycles. The highest BCUT2D eigenvalue weighted by Crippen LogP contribution is 2.26. The second-order valence-electron chi connectivity index (χ2n) is 5.00. The molecule has 1 aliphatic rings. The number of aryl methyl sites for hydroxylation is 1. The van der Waals surface area contributed by atoms with E-state index in [0.29, 0.717) is 12.2 Å². The number of nitrogens with zero attached hydrogens (tertiary/aromatic N) is 3. The smallest absolute Gasteiger partial charge is 0.121 e. The Morgan fingerprint density at radius 2 is 2.25 bits per heavy atom. The van der Waals surface area contributed by atoms with Gasteiger partial charge in [0.05, 0.1) is 19.7 Å². The van der Waals surface area contributed by atoms with E-state index in [-0.39, 0.29) is 6.61 Å². The summed E-state index contributed by atoms with van der Waals surface area (Å²) in [6.07, 6.45) is 3.92. The lowest BCUT2D eigenvalue weighted by atomic mass is 10.1. The Balaban J connectivity index is 2.19. The minimum absolute atomic E-state index is 0.00794. The summed E-state index contributed by atoms with van der Waals surface area (Å²) in [6, 6.07) is 8.08. The lowest BCUT2D eigenvalue weighted by Gasteiger charge is -2.08. The van der Waals surface area contributed by atoms with E-state index in [1.165, 1.54) is 0 Å². The summed E-state index contributed by atoms with van der Waals surface area (Å²) in [5.74, 6) is 0. The molecule has 1 N–H and O–H groups in total. The number of allylic oxidation sites excluding steroid dienone is 1. The third-order valence-electron chi connectivity index (χ3n) is 3.64. The number of hydrogen-bond acceptors (Lipinski definition) is 3. The lowest BCUT2D eigenvalue weighted by Crippen LogP contribution is -2.03. The average molecular weight is 265 g/mol. The zero-order valence-corrected chi connectivity index (χ0v) is 11.3. The number of benzene rings is 1. The highest BCUT2D eigenvalue weighted by molar-refractivity contribution is 5.87. The molecule has 1 aliphatic heterocycles. The fourth-order valence-corrected chi connectivity index (χ4v) is 2.64. The normalized spacial score (nSPS) is 13.8. The molecule has 0 bridgehead atoms. The molecule has 0 spiro atoms. The molecule has 1 aromatic heterocycles. The van der Waals surface area contributed by atoms with Crippen molar-refractivity contribution in [1.29, 1.82) is 5.26 Å². The molecule has 3 rings (SSSR count). The van der Waals surface area contributed by atoms with Gasteiger partial charge in [-0.1, -0.05) is 12.1 Å². The van der Waals surface area contributed by atoms with Crippen LogP contribution in [0.4, 0.5) is 0 Å². The van der Waals surface area contributed by atoms with E-state index in [1.807, 2.05) is 35.9 Å². The summed E-state index contributed by atoms with van der Waals surface area (Å²) in [7, 11) is 0. The first kappa shape index (κ1) is 12.6. The minimum atomic E-state index is 0.00794. The van der Waals surface area contributed by atoms with Gasteiger partial charge in [-0.2, -0.15) is 5.26 Å². The van der Waals surface area contributed by atoms with Gasteiger partial charge in [0, 0.05) is 17.1 Å². The first-order chi connectivity index (χ1) is 9.72. The highest BCUT2D eigenvalue weighted by Gasteiger charge is 2.13. The molecular formula is C16H15N3O. The standard InChI is InChI=1S/C16H15N3O/c1-11-4-13(10-20)5-16-15(11)6-14(7-17)19(16)9-12-2-3-18-8-12/h2,4-6,8,20H,3,9-10H2,1H3. The SMILES string of the molecule is Cc1cc(CO)cc2c1cc(C#N)n2CC1=CCN=C1. The molecule has 2 aromatic rings. The molecule has 20 heavy (non-hydrogen) atoms. The van der Waals surface area contributed by atoms with E-state index in [2.05, 4.69) is 17.1 Å². The van der Waals surface area contributed by atoms with E-state index < -0.39 is 0 Å². The molecule has 0 radical (unpaired) electrons. The monoisotopic (exact) mass is 265 g/mol. The number of hydrogen-bond donors (Lipinski definition) is 1. The van der Waals surface area contributed by atoms with Gasteiger partial charge in [-0.3, -0.25) is 4.99 Å². The maximum Gasteiger partial charge on any atom is 0.121 e. The lowest BCUT2D eigenvalue weighted by molar-refractivity contribution is 0.282. The number of aliphatic imine (C=N–C) groups is 1. The summed E-state index contributed by atoms with van der Waals surface area (Å²) in [5, 5.41) is 19.8. The van der Waals surface area contributed by atoms with Crippen molar-refractivity contribution in [3.05, 3.63) is 46.7 Å². The van der Waals surface area contributed by atoms with Gasteiger partial charge in [-0.25, -0.2) is 0 Å². The minimum Gasteiger partial charge on any atom is -0.392 e. The molecule has 2 heterocycles. The van der Waals surface area contributed by atoms with Crippen LogP contribution in [-0.4, -0.2) is 22.4 Å². The van der Waals surface area contributed by atoms with Gasteiger partial charge in [0.2, 0.25) is 0 Å². The number of aliphatic hydroxyl groups is 1. The Labute approximate surface area is 117 Å². The number of fused-ring (bicyclic) bond motifs is 1. The highest BCUT2D eigenvalue weighted by atomic mass is 16.3. The van der Waals surface area contributed by atoms with Crippen molar-refractivity contribution in [2.45, 2.75) is 20.1 Å². The first-order valence-electron chi connectivity index (χ1n) is 6.55. The van der Waals surface area contributed by atoms with Crippen molar-refractivity contribution in [2.24, 2.45) is 4.99 Å². The van der Waals surface area contributed by atoms with E-state index in [0.717, 1.165) is 34.1 Å². The van der Waals surface area contributed by atoms with Gasteiger partial charge in [0.1, 0.15) is 11.8 Å². The van der Waals surface area contributed by atoms with Gasteiger partial charge in [0.25, 0.3) is 0 Å². The van der Waals surface area contributed by atoms with Crippen molar-refractivity contribution < 1.29 is 5.11 Å². The molecular weight excluding hydrogens is 250 g/mol. The van der Waals surface area contributed by atoms with Crippen molar-refractivity contribution in [2.75, 3.05) is 6.54 Å². The van der Waals surface area contributed by atoms with Crippen LogP contribution < -0.4 is 0 Å². The van der Waals surface area contributed by atoms with Crippen LogP contribution in [-0.2, 0) is 13.2 Å². The summed E-state index contributed by atoms with van der Waals surface area (Å²) >= 11 is 0. The fraction of sp³-hybridized carbons (Fsp3) is 0.250. The van der Waals surface area contributed by atoms with Crippen LogP contribution in [0.5, 0.6) is 0 Å². The second-order valence-corrected chi connectivity index (χ2v) is 5.00. The molecule has 4 heteroatoms. The topological polar surface area (TPSA) is 61.3 Å². The Kier molecular flexibility index (Phi) is 3.13. The third-order valence-corrected chi connectivity index (χ3v) is 3.64. The Morgan fingerprint density at radius 3 is 2.90 bits per heavy atom. The molecule has 0 atom stereocenters. The Bertz CT molecular complexity index is 775. The van der Waals surface area contributed by atoms with E-state index >= 15 is 0 Å². The predicted octanol–water partition coefficient (Wildman–Crippen LogP) is 2.32. The first-order valence-corrected chi connectivity index (χ1v) is 6.55. The molecule has 0 amide bonds. The maximum atomic E-state index is 9.35. The molecule has 100 valence electrons. The van der Waals surface area contributed by atoms with Crippen molar-refractivity contribution in [3.63, 3.8) is 0 Å². The van der Waals surface area contributed by atoms with Gasteiger partial charge in [-0.05, 0) is 35.8 Å². The van der Waals surface area contributed by atoms with E-state index in [1.54, 1.807) is 0 Å².